The molecule has 0 saturated heterocycles. The number of nitrogen functional groups attached to an aromatic ring is 1. The maximum atomic E-state index is 12.8. The van der Waals surface area contributed by atoms with Crippen LogP contribution >= 0.6 is 22.7 Å². The van der Waals surface area contributed by atoms with Gasteiger partial charge in [-0.25, -0.2) is 14.8 Å². The minimum absolute atomic E-state index is 0.0346. The van der Waals surface area contributed by atoms with E-state index in [-0.39, 0.29) is 5.78 Å². The molecule has 0 amide bonds. The third kappa shape index (κ3) is 4.08. The number of aromatic nitrogens is 2. The normalized spacial score (nSPS) is 11.0. The van der Waals surface area contributed by atoms with Crippen LogP contribution in [0.25, 0.3) is 32.0 Å². The van der Waals surface area contributed by atoms with E-state index in [9.17, 15) is 9.59 Å². The average Bonchev–Trinajstić information content (AvgIpc) is 3.45. The summed E-state index contributed by atoms with van der Waals surface area (Å²) in [7, 11) is 1.35. The third-order valence-electron chi connectivity index (χ3n) is 4.96. The summed E-state index contributed by atoms with van der Waals surface area (Å²) in [5.74, 6) is -0.381. The largest absolute Gasteiger partial charge is 0.465 e. The molecule has 0 unspecified atom stereocenters. The number of benzene rings is 1. The second kappa shape index (κ2) is 8.95. The van der Waals surface area contributed by atoms with Crippen LogP contribution in [0.15, 0.2) is 41.9 Å². The van der Waals surface area contributed by atoms with E-state index in [1.165, 1.54) is 29.8 Å². The Kier molecular flexibility index (Phi) is 6.11. The van der Waals surface area contributed by atoms with E-state index in [2.05, 4.69) is 11.9 Å². The fourth-order valence-corrected chi connectivity index (χ4v) is 5.08. The lowest BCUT2D eigenvalue weighted by molar-refractivity contribution is 0.0600. The summed E-state index contributed by atoms with van der Waals surface area (Å²) in [4.78, 5) is 35.2. The lowest BCUT2D eigenvalue weighted by Gasteiger charge is -2.09. The first-order valence-electron chi connectivity index (χ1n) is 9.88. The third-order valence-corrected chi connectivity index (χ3v) is 6.89. The fourth-order valence-electron chi connectivity index (χ4n) is 3.40. The van der Waals surface area contributed by atoms with Crippen LogP contribution in [0.2, 0.25) is 0 Å². The molecule has 0 aliphatic rings. The van der Waals surface area contributed by atoms with Crippen molar-refractivity contribution in [1.82, 2.24) is 9.97 Å². The van der Waals surface area contributed by atoms with Gasteiger partial charge in [-0.15, -0.1) is 22.7 Å². The van der Waals surface area contributed by atoms with Crippen molar-refractivity contribution in [1.29, 1.82) is 0 Å². The molecule has 8 heteroatoms. The van der Waals surface area contributed by atoms with Crippen LogP contribution in [0, 0.1) is 0 Å². The molecule has 158 valence electrons. The molecule has 1 aromatic carbocycles. The molecule has 0 bridgehead atoms. The lowest BCUT2D eigenvalue weighted by atomic mass is 9.99. The van der Waals surface area contributed by atoms with Crippen molar-refractivity contribution in [2.75, 3.05) is 12.8 Å². The molecule has 0 fully saturated rings. The first-order valence-corrected chi connectivity index (χ1v) is 11.6. The van der Waals surface area contributed by atoms with E-state index in [4.69, 9.17) is 15.5 Å². The van der Waals surface area contributed by atoms with Gasteiger partial charge in [0.2, 0.25) is 0 Å². The fraction of sp³-hybridized carbons (Fsp3) is 0.217. The molecular weight excluding hydrogens is 430 g/mol. The van der Waals surface area contributed by atoms with Gasteiger partial charge < -0.3 is 10.5 Å². The molecule has 4 rings (SSSR count). The minimum atomic E-state index is -0.416. The van der Waals surface area contributed by atoms with Gasteiger partial charge in [-0.3, -0.25) is 4.79 Å². The number of hydrogen-bond donors (Lipinski definition) is 1. The highest BCUT2D eigenvalue weighted by Crippen LogP contribution is 2.42. The molecule has 31 heavy (non-hydrogen) atoms. The highest BCUT2D eigenvalue weighted by Gasteiger charge is 2.22. The number of methoxy groups -OCH3 is 1. The van der Waals surface area contributed by atoms with Crippen LogP contribution in [0.5, 0.6) is 0 Å². The van der Waals surface area contributed by atoms with Gasteiger partial charge in [0, 0.05) is 23.4 Å². The summed E-state index contributed by atoms with van der Waals surface area (Å²) in [6.07, 6.45) is 3.94. The van der Waals surface area contributed by atoms with Crippen LogP contribution in [-0.2, 0) is 4.74 Å². The predicted octanol–water partition coefficient (Wildman–Crippen LogP) is 5.83. The number of rotatable bonds is 7. The zero-order valence-corrected chi connectivity index (χ0v) is 18.8. The van der Waals surface area contributed by atoms with Gasteiger partial charge in [0.1, 0.15) is 15.5 Å². The number of unbranched alkanes of at least 4 members (excludes halogenated alkanes) is 1. The predicted molar refractivity (Wildman–Crippen MR) is 126 cm³/mol. The SMILES string of the molecule is CCCCC(=O)c1sc2nc(-c3nccs3)cc(-c3cccc(C(=O)OC)c3)c2c1N. The number of esters is 1. The van der Waals surface area contributed by atoms with E-state index in [1.807, 2.05) is 17.5 Å². The van der Waals surface area contributed by atoms with Crippen LogP contribution < -0.4 is 5.73 Å². The summed E-state index contributed by atoms with van der Waals surface area (Å²) < 4.78 is 4.87. The van der Waals surface area contributed by atoms with E-state index >= 15 is 0 Å². The summed E-state index contributed by atoms with van der Waals surface area (Å²) in [5, 5.41) is 3.40. The maximum Gasteiger partial charge on any atom is 0.337 e. The Morgan fingerprint density at radius 3 is 2.77 bits per heavy atom. The number of thiophene rings is 1. The Morgan fingerprint density at radius 1 is 1.23 bits per heavy atom. The summed E-state index contributed by atoms with van der Waals surface area (Å²) in [6, 6.07) is 9.09. The number of nitrogens with two attached hydrogens (primary N) is 1. The molecule has 0 radical (unpaired) electrons. The number of carbonyl (C=O) groups is 2. The second-order valence-electron chi connectivity index (χ2n) is 7.02. The maximum absolute atomic E-state index is 12.8. The number of fused-ring (bicyclic) bond motifs is 1. The van der Waals surface area contributed by atoms with Gasteiger partial charge in [-0.2, -0.15) is 0 Å². The number of hydrogen-bond acceptors (Lipinski definition) is 8. The standard InChI is InChI=1S/C23H21N3O3S2/c1-3-4-8-17(27)20-19(24)18-15(13-6-5-7-14(11-13)23(28)29-2)12-16(26-22(18)31-20)21-25-9-10-30-21/h5-7,9-12H,3-4,8,24H2,1-2H3. The Balaban J connectivity index is 1.95. The van der Waals surface area contributed by atoms with Gasteiger partial charge in [-0.05, 0) is 35.7 Å². The first kappa shape index (κ1) is 21.1. The molecule has 4 aromatic rings. The number of thiazole rings is 1. The summed E-state index contributed by atoms with van der Waals surface area (Å²) in [5.41, 5.74) is 9.68. The topological polar surface area (TPSA) is 95.2 Å². The van der Waals surface area contributed by atoms with Gasteiger partial charge in [0.05, 0.1) is 23.2 Å². The Morgan fingerprint density at radius 2 is 2.06 bits per heavy atom. The van der Waals surface area contributed by atoms with Gasteiger partial charge in [0.15, 0.2) is 5.78 Å². The Bertz CT molecular complexity index is 1260. The summed E-state index contributed by atoms with van der Waals surface area (Å²) in [6.45, 7) is 2.05. The molecule has 2 N–H and O–H groups in total. The van der Waals surface area contributed by atoms with E-state index < -0.39 is 5.97 Å². The van der Waals surface area contributed by atoms with Crippen molar-refractivity contribution in [3.05, 3.63) is 52.3 Å². The van der Waals surface area contributed by atoms with Crippen molar-refractivity contribution >= 4 is 50.3 Å². The molecule has 0 spiro atoms. The number of anilines is 1. The number of ketones is 1. The zero-order chi connectivity index (χ0) is 22.0. The van der Waals surface area contributed by atoms with Crippen LogP contribution in [0.3, 0.4) is 0 Å². The average molecular weight is 452 g/mol. The van der Waals surface area contributed by atoms with Crippen LogP contribution in [-0.4, -0.2) is 28.8 Å². The van der Waals surface area contributed by atoms with E-state index in [1.54, 1.807) is 24.4 Å². The summed E-state index contributed by atoms with van der Waals surface area (Å²) >= 11 is 2.80. The molecule has 3 heterocycles. The zero-order valence-electron chi connectivity index (χ0n) is 17.2. The van der Waals surface area contributed by atoms with Crippen LogP contribution in [0.4, 0.5) is 5.69 Å². The molecule has 3 aromatic heterocycles. The van der Waals surface area contributed by atoms with Crippen LogP contribution in [0.1, 0.15) is 46.2 Å². The number of Topliss-reactive ketones (excluding diaryl/α,β-unsaturated/α-hetero) is 1. The van der Waals surface area contributed by atoms with Crippen molar-refractivity contribution in [2.24, 2.45) is 0 Å². The number of ether oxygens (including phenoxy) is 1. The number of carbonyl (C=O) groups excluding carboxylic acids is 2. The lowest BCUT2D eigenvalue weighted by Crippen LogP contribution is -2.01. The number of pyridine rings is 1. The Labute approximate surface area is 187 Å². The van der Waals surface area contributed by atoms with E-state index in [0.29, 0.717) is 33.1 Å². The molecule has 0 aliphatic heterocycles. The first-order chi connectivity index (χ1) is 15.0. The van der Waals surface area contributed by atoms with Crippen molar-refractivity contribution in [3.63, 3.8) is 0 Å². The van der Waals surface area contributed by atoms with Crippen molar-refractivity contribution in [3.8, 4) is 21.8 Å². The Hall–Kier alpha value is -3.10. The van der Waals surface area contributed by atoms with Crippen molar-refractivity contribution < 1.29 is 14.3 Å². The van der Waals surface area contributed by atoms with Gasteiger partial charge in [-0.1, -0.05) is 25.5 Å². The van der Waals surface area contributed by atoms with E-state index in [0.717, 1.165) is 34.4 Å². The molecule has 0 atom stereocenters. The van der Waals surface area contributed by atoms with Gasteiger partial charge in [0.25, 0.3) is 0 Å². The highest BCUT2D eigenvalue weighted by molar-refractivity contribution is 7.21. The molecule has 0 aliphatic carbocycles. The molecular formula is C23H21N3O3S2. The highest BCUT2D eigenvalue weighted by atomic mass is 32.1. The minimum Gasteiger partial charge on any atom is -0.465 e. The van der Waals surface area contributed by atoms with Gasteiger partial charge >= 0.3 is 5.97 Å². The number of nitrogens with zero attached hydrogens (tertiary/aromatic N) is 2. The quantitative estimate of drug-likeness (QED) is 0.281. The molecule has 0 saturated carbocycles. The second-order valence-corrected chi connectivity index (χ2v) is 8.91. The monoisotopic (exact) mass is 451 g/mol. The molecule has 6 nitrogen and oxygen atoms in total. The van der Waals surface area contributed by atoms with Crippen molar-refractivity contribution in [2.45, 2.75) is 26.2 Å². The smallest absolute Gasteiger partial charge is 0.337 e.